The first kappa shape index (κ1) is 15.2. The zero-order chi connectivity index (χ0) is 13.8. The monoisotopic (exact) mass is 253 g/mol. The van der Waals surface area contributed by atoms with Crippen LogP contribution in [0.2, 0.25) is 0 Å². The summed E-state index contributed by atoms with van der Waals surface area (Å²) in [7, 11) is 2.01. The van der Waals surface area contributed by atoms with E-state index in [0.717, 1.165) is 25.9 Å². The topological polar surface area (TPSA) is 50.1 Å². The molecule has 2 N–H and O–H groups in total. The molecule has 0 atom stereocenters. The maximum absolute atomic E-state index is 9.24. The summed E-state index contributed by atoms with van der Waals surface area (Å²) < 4.78 is 1.99. The highest BCUT2D eigenvalue weighted by molar-refractivity contribution is 5.26. The van der Waals surface area contributed by atoms with Crippen LogP contribution < -0.4 is 5.32 Å². The molecule has 0 amide bonds. The van der Waals surface area contributed by atoms with Gasteiger partial charge in [-0.1, -0.05) is 27.7 Å². The highest BCUT2D eigenvalue weighted by atomic mass is 16.3. The molecule has 0 aliphatic heterocycles. The van der Waals surface area contributed by atoms with Gasteiger partial charge >= 0.3 is 0 Å². The first-order valence-corrected chi connectivity index (χ1v) is 6.80. The Morgan fingerprint density at radius 3 is 2.44 bits per heavy atom. The smallest absolute Gasteiger partial charge is 0.0669 e. The minimum absolute atomic E-state index is 0.0685. The summed E-state index contributed by atoms with van der Waals surface area (Å²) in [5.74, 6) is 0. The van der Waals surface area contributed by atoms with E-state index in [9.17, 15) is 5.11 Å². The summed E-state index contributed by atoms with van der Waals surface area (Å²) >= 11 is 0. The van der Waals surface area contributed by atoms with Crippen LogP contribution in [0.5, 0.6) is 0 Å². The van der Waals surface area contributed by atoms with Crippen molar-refractivity contribution in [2.24, 2.45) is 12.5 Å². The molecule has 0 aliphatic rings. The lowest BCUT2D eigenvalue weighted by Gasteiger charge is -2.22. The predicted molar refractivity (Wildman–Crippen MR) is 74.5 cm³/mol. The Labute approximate surface area is 110 Å². The molecule has 0 aromatic carbocycles. The summed E-state index contributed by atoms with van der Waals surface area (Å²) in [5, 5.41) is 17.2. The minimum Gasteiger partial charge on any atom is -0.396 e. The molecule has 4 heteroatoms. The second-order valence-corrected chi connectivity index (χ2v) is 5.63. The molecule has 1 rings (SSSR count). The molecule has 0 unspecified atom stereocenters. The standard InChI is InChI=1S/C14H27N3O/c1-6-12-11(13(7-2)17(5)16-12)8-15-9-14(3,4)10-18/h15,18H,6-10H2,1-5H3. The van der Waals surface area contributed by atoms with Crippen LogP contribution in [-0.2, 0) is 26.4 Å². The number of nitrogens with zero attached hydrogens (tertiary/aromatic N) is 2. The summed E-state index contributed by atoms with van der Waals surface area (Å²) in [6.07, 6.45) is 1.97. The Morgan fingerprint density at radius 2 is 1.94 bits per heavy atom. The second-order valence-electron chi connectivity index (χ2n) is 5.63. The van der Waals surface area contributed by atoms with Gasteiger partial charge in [-0.3, -0.25) is 4.68 Å². The van der Waals surface area contributed by atoms with Crippen LogP contribution in [0.3, 0.4) is 0 Å². The first-order chi connectivity index (χ1) is 8.45. The van der Waals surface area contributed by atoms with Crippen molar-refractivity contribution in [2.75, 3.05) is 13.2 Å². The molecule has 0 bridgehead atoms. The van der Waals surface area contributed by atoms with E-state index in [1.165, 1.54) is 17.0 Å². The Morgan fingerprint density at radius 1 is 1.28 bits per heavy atom. The zero-order valence-corrected chi connectivity index (χ0v) is 12.4. The first-order valence-electron chi connectivity index (χ1n) is 6.80. The Bertz CT molecular complexity index is 383. The van der Waals surface area contributed by atoms with Crippen molar-refractivity contribution in [1.82, 2.24) is 15.1 Å². The third kappa shape index (κ3) is 3.56. The number of aryl methyl sites for hydroxylation is 2. The van der Waals surface area contributed by atoms with Crippen LogP contribution in [0.4, 0.5) is 0 Å². The molecule has 104 valence electrons. The van der Waals surface area contributed by atoms with E-state index in [1.54, 1.807) is 0 Å². The third-order valence-electron chi connectivity index (χ3n) is 3.36. The summed E-state index contributed by atoms with van der Waals surface area (Å²) in [4.78, 5) is 0. The largest absolute Gasteiger partial charge is 0.396 e. The Hall–Kier alpha value is -0.870. The fraction of sp³-hybridized carbons (Fsp3) is 0.786. The molecular weight excluding hydrogens is 226 g/mol. The van der Waals surface area contributed by atoms with Crippen molar-refractivity contribution in [1.29, 1.82) is 0 Å². The molecule has 18 heavy (non-hydrogen) atoms. The van der Waals surface area contributed by atoms with Gasteiger partial charge in [-0.05, 0) is 12.8 Å². The van der Waals surface area contributed by atoms with Gasteiger partial charge in [0.05, 0.1) is 5.69 Å². The van der Waals surface area contributed by atoms with Crippen LogP contribution in [0.25, 0.3) is 0 Å². The fourth-order valence-corrected chi connectivity index (χ4v) is 2.18. The molecule has 0 radical (unpaired) electrons. The SMILES string of the molecule is CCc1nn(C)c(CC)c1CNCC(C)(C)CO. The van der Waals surface area contributed by atoms with E-state index >= 15 is 0 Å². The molecule has 1 aromatic rings. The second kappa shape index (κ2) is 6.34. The van der Waals surface area contributed by atoms with Gasteiger partial charge in [0.15, 0.2) is 0 Å². The molecule has 0 fully saturated rings. The van der Waals surface area contributed by atoms with Gasteiger partial charge in [0.25, 0.3) is 0 Å². The van der Waals surface area contributed by atoms with Gasteiger partial charge in [-0.25, -0.2) is 0 Å². The van der Waals surface area contributed by atoms with Gasteiger partial charge in [0.1, 0.15) is 0 Å². The average Bonchev–Trinajstić information content (AvgIpc) is 2.65. The number of hydrogen-bond donors (Lipinski definition) is 2. The van der Waals surface area contributed by atoms with Crippen molar-refractivity contribution >= 4 is 0 Å². The minimum atomic E-state index is -0.0685. The van der Waals surface area contributed by atoms with E-state index in [2.05, 4.69) is 38.1 Å². The molecule has 1 heterocycles. The average molecular weight is 253 g/mol. The van der Waals surface area contributed by atoms with Gasteiger partial charge < -0.3 is 10.4 Å². The Balaban J connectivity index is 2.72. The quantitative estimate of drug-likeness (QED) is 0.777. The molecule has 0 spiro atoms. The number of aliphatic hydroxyl groups excluding tert-OH is 1. The van der Waals surface area contributed by atoms with E-state index in [1.807, 2.05) is 11.7 Å². The van der Waals surface area contributed by atoms with E-state index < -0.39 is 0 Å². The molecule has 0 saturated heterocycles. The maximum Gasteiger partial charge on any atom is 0.0669 e. The molecular formula is C14H27N3O. The lowest BCUT2D eigenvalue weighted by molar-refractivity contribution is 0.156. The third-order valence-corrected chi connectivity index (χ3v) is 3.36. The fourth-order valence-electron chi connectivity index (χ4n) is 2.18. The number of nitrogens with one attached hydrogen (secondary N) is 1. The molecule has 0 saturated carbocycles. The van der Waals surface area contributed by atoms with Crippen LogP contribution in [0, 0.1) is 5.41 Å². The summed E-state index contributed by atoms with van der Waals surface area (Å²) in [6.45, 7) is 10.3. The van der Waals surface area contributed by atoms with Crippen molar-refractivity contribution in [2.45, 2.75) is 47.1 Å². The number of aromatic nitrogens is 2. The van der Waals surface area contributed by atoms with Crippen molar-refractivity contribution in [3.8, 4) is 0 Å². The predicted octanol–water partition coefficient (Wildman–Crippen LogP) is 1.65. The van der Waals surface area contributed by atoms with E-state index in [-0.39, 0.29) is 12.0 Å². The highest BCUT2D eigenvalue weighted by Gasteiger charge is 2.17. The Kier molecular flexibility index (Phi) is 5.35. The molecule has 4 nitrogen and oxygen atoms in total. The van der Waals surface area contributed by atoms with Crippen LogP contribution in [-0.4, -0.2) is 28.0 Å². The maximum atomic E-state index is 9.24. The van der Waals surface area contributed by atoms with Crippen LogP contribution in [0.1, 0.15) is 44.6 Å². The lowest BCUT2D eigenvalue weighted by atomic mass is 9.95. The van der Waals surface area contributed by atoms with Crippen molar-refractivity contribution < 1.29 is 5.11 Å². The number of aliphatic hydroxyl groups is 1. The lowest BCUT2D eigenvalue weighted by Crippen LogP contribution is -2.32. The summed E-state index contributed by atoms with van der Waals surface area (Å²) in [5.41, 5.74) is 3.75. The number of hydrogen-bond acceptors (Lipinski definition) is 3. The summed E-state index contributed by atoms with van der Waals surface area (Å²) in [6, 6.07) is 0. The van der Waals surface area contributed by atoms with Gasteiger partial charge in [-0.15, -0.1) is 0 Å². The van der Waals surface area contributed by atoms with Gasteiger partial charge in [-0.2, -0.15) is 5.10 Å². The van der Waals surface area contributed by atoms with E-state index in [4.69, 9.17) is 0 Å². The van der Waals surface area contributed by atoms with Crippen molar-refractivity contribution in [3.05, 3.63) is 17.0 Å². The normalized spacial score (nSPS) is 12.1. The molecule has 1 aromatic heterocycles. The van der Waals surface area contributed by atoms with Gasteiger partial charge in [0.2, 0.25) is 0 Å². The highest BCUT2D eigenvalue weighted by Crippen LogP contribution is 2.16. The number of rotatable bonds is 7. The zero-order valence-electron chi connectivity index (χ0n) is 12.4. The molecule has 0 aliphatic carbocycles. The van der Waals surface area contributed by atoms with Crippen LogP contribution >= 0.6 is 0 Å². The van der Waals surface area contributed by atoms with Gasteiger partial charge in [0, 0.05) is 43.4 Å². The van der Waals surface area contributed by atoms with Crippen molar-refractivity contribution in [3.63, 3.8) is 0 Å². The van der Waals surface area contributed by atoms with Crippen LogP contribution in [0.15, 0.2) is 0 Å². The van der Waals surface area contributed by atoms with E-state index in [0.29, 0.717) is 0 Å².